The van der Waals surface area contributed by atoms with Gasteiger partial charge in [0.2, 0.25) is 10.0 Å². The van der Waals surface area contributed by atoms with Crippen molar-refractivity contribution >= 4 is 15.9 Å². The number of hydrogen-bond donors (Lipinski definition) is 2. The minimum atomic E-state index is -3.50. The molecular formula is C18H23N3O3S. The zero-order valence-electron chi connectivity index (χ0n) is 14.6. The fourth-order valence-electron chi connectivity index (χ4n) is 2.41. The van der Waals surface area contributed by atoms with Crippen molar-refractivity contribution in [3.63, 3.8) is 0 Å². The van der Waals surface area contributed by atoms with Crippen LogP contribution in [0.1, 0.15) is 21.5 Å². The van der Waals surface area contributed by atoms with Gasteiger partial charge >= 0.3 is 0 Å². The van der Waals surface area contributed by atoms with Gasteiger partial charge in [0, 0.05) is 18.7 Å². The number of nitrogens with zero attached hydrogens (tertiary/aromatic N) is 1. The van der Waals surface area contributed by atoms with Gasteiger partial charge in [-0.25, -0.2) is 13.1 Å². The Kier molecular flexibility index (Phi) is 6.30. The number of carbonyl (C=O) groups excluding carboxylic acids is 1. The van der Waals surface area contributed by atoms with Gasteiger partial charge in [-0.2, -0.15) is 0 Å². The van der Waals surface area contributed by atoms with Crippen LogP contribution in [0.4, 0.5) is 0 Å². The largest absolute Gasteiger partial charge is 0.348 e. The molecule has 0 spiro atoms. The summed E-state index contributed by atoms with van der Waals surface area (Å²) >= 11 is 0. The van der Waals surface area contributed by atoms with Gasteiger partial charge in [0.05, 0.1) is 4.90 Å². The highest BCUT2D eigenvalue weighted by Crippen LogP contribution is 2.12. The maximum absolute atomic E-state index is 12.3. The van der Waals surface area contributed by atoms with E-state index in [2.05, 4.69) is 14.9 Å². The Hall–Kier alpha value is -2.22. The monoisotopic (exact) mass is 361 g/mol. The zero-order valence-corrected chi connectivity index (χ0v) is 15.4. The Balaban J connectivity index is 2.06. The van der Waals surface area contributed by atoms with Crippen LogP contribution in [0.3, 0.4) is 0 Å². The molecule has 0 fully saturated rings. The van der Waals surface area contributed by atoms with Crippen LogP contribution in [0.2, 0.25) is 0 Å². The van der Waals surface area contributed by atoms with Crippen molar-refractivity contribution in [1.82, 2.24) is 14.9 Å². The van der Waals surface area contributed by atoms with E-state index in [4.69, 9.17) is 0 Å². The predicted octanol–water partition coefficient (Wildman–Crippen LogP) is 1.59. The molecule has 6 nitrogen and oxygen atoms in total. The third kappa shape index (κ3) is 5.12. The molecule has 0 atom stereocenters. The minimum absolute atomic E-state index is 0.128. The Bertz CT molecular complexity index is 831. The van der Waals surface area contributed by atoms with Crippen molar-refractivity contribution in [2.45, 2.75) is 18.0 Å². The molecule has 25 heavy (non-hydrogen) atoms. The first-order chi connectivity index (χ1) is 11.8. The molecule has 1 amide bonds. The lowest BCUT2D eigenvalue weighted by Crippen LogP contribution is -2.24. The maximum Gasteiger partial charge on any atom is 0.251 e. The number of rotatable bonds is 7. The van der Waals surface area contributed by atoms with Crippen LogP contribution in [0, 0.1) is 0 Å². The van der Waals surface area contributed by atoms with Gasteiger partial charge in [0.25, 0.3) is 5.91 Å². The lowest BCUT2D eigenvalue weighted by molar-refractivity contribution is 0.0950. The molecule has 0 aliphatic rings. The van der Waals surface area contributed by atoms with Crippen molar-refractivity contribution in [3.8, 4) is 0 Å². The zero-order chi connectivity index (χ0) is 18.4. The predicted molar refractivity (Wildman–Crippen MR) is 97.7 cm³/mol. The highest BCUT2D eigenvalue weighted by molar-refractivity contribution is 7.89. The maximum atomic E-state index is 12.3. The Morgan fingerprint density at radius 2 is 1.60 bits per heavy atom. The highest BCUT2D eigenvalue weighted by atomic mass is 32.2. The van der Waals surface area contributed by atoms with E-state index >= 15 is 0 Å². The van der Waals surface area contributed by atoms with Crippen LogP contribution in [0.25, 0.3) is 0 Å². The SMILES string of the molecule is CNS(=O)(=O)c1ccc(C(=O)NCc2ccccc2CN(C)C)cc1. The van der Waals surface area contributed by atoms with E-state index in [9.17, 15) is 13.2 Å². The van der Waals surface area contributed by atoms with E-state index in [1.54, 1.807) is 0 Å². The highest BCUT2D eigenvalue weighted by Gasteiger charge is 2.13. The summed E-state index contributed by atoms with van der Waals surface area (Å²) in [6, 6.07) is 13.8. The smallest absolute Gasteiger partial charge is 0.251 e. The average Bonchev–Trinajstić information content (AvgIpc) is 2.60. The lowest BCUT2D eigenvalue weighted by atomic mass is 10.1. The first kappa shape index (κ1) is 19.1. The summed E-state index contributed by atoms with van der Waals surface area (Å²) in [5.74, 6) is -0.243. The van der Waals surface area contributed by atoms with Crippen molar-refractivity contribution in [2.75, 3.05) is 21.1 Å². The second-order valence-corrected chi connectivity index (χ2v) is 7.81. The van der Waals surface area contributed by atoms with Crippen LogP contribution in [-0.2, 0) is 23.1 Å². The third-order valence-electron chi connectivity index (χ3n) is 3.74. The van der Waals surface area contributed by atoms with Gasteiger partial charge < -0.3 is 10.2 Å². The summed E-state index contributed by atoms with van der Waals surface area (Å²) in [4.78, 5) is 14.5. The molecular weight excluding hydrogens is 338 g/mol. The van der Waals surface area contributed by atoms with Crippen LogP contribution in [-0.4, -0.2) is 40.4 Å². The van der Waals surface area contributed by atoms with Gasteiger partial charge in [0.15, 0.2) is 0 Å². The van der Waals surface area contributed by atoms with E-state index in [-0.39, 0.29) is 10.8 Å². The molecule has 0 heterocycles. The fourth-order valence-corrected chi connectivity index (χ4v) is 3.14. The van der Waals surface area contributed by atoms with Crippen molar-refractivity contribution in [1.29, 1.82) is 0 Å². The van der Waals surface area contributed by atoms with E-state index in [1.165, 1.54) is 31.3 Å². The van der Waals surface area contributed by atoms with E-state index in [1.807, 2.05) is 38.4 Å². The van der Waals surface area contributed by atoms with Crippen LogP contribution >= 0.6 is 0 Å². The molecule has 0 aliphatic carbocycles. The molecule has 2 rings (SSSR count). The molecule has 0 saturated heterocycles. The van der Waals surface area contributed by atoms with Crippen LogP contribution in [0.5, 0.6) is 0 Å². The molecule has 7 heteroatoms. The first-order valence-electron chi connectivity index (χ1n) is 7.87. The van der Waals surface area contributed by atoms with E-state index in [0.29, 0.717) is 12.1 Å². The number of sulfonamides is 1. The first-order valence-corrected chi connectivity index (χ1v) is 9.35. The van der Waals surface area contributed by atoms with Crippen molar-refractivity contribution in [2.24, 2.45) is 0 Å². The standard InChI is InChI=1S/C18H23N3O3S/c1-19-25(23,24)17-10-8-14(9-11-17)18(22)20-12-15-6-4-5-7-16(15)13-21(2)3/h4-11,19H,12-13H2,1-3H3,(H,20,22). The number of hydrogen-bond acceptors (Lipinski definition) is 4. The van der Waals surface area contributed by atoms with Gasteiger partial charge in [-0.1, -0.05) is 24.3 Å². The summed E-state index contributed by atoms with van der Waals surface area (Å²) < 4.78 is 25.6. The molecule has 0 bridgehead atoms. The number of carbonyl (C=O) groups is 1. The number of benzene rings is 2. The number of amides is 1. The van der Waals surface area contributed by atoms with Gasteiger partial charge in [-0.3, -0.25) is 4.79 Å². The molecule has 0 aliphatic heterocycles. The third-order valence-corrected chi connectivity index (χ3v) is 5.17. The van der Waals surface area contributed by atoms with E-state index < -0.39 is 10.0 Å². The van der Waals surface area contributed by atoms with Crippen LogP contribution < -0.4 is 10.0 Å². The van der Waals surface area contributed by atoms with Gasteiger partial charge in [-0.05, 0) is 56.5 Å². The number of nitrogens with one attached hydrogen (secondary N) is 2. The topological polar surface area (TPSA) is 78.5 Å². The Labute approximate surface area is 148 Å². The second kappa shape index (κ2) is 8.24. The summed E-state index contributed by atoms with van der Waals surface area (Å²) in [6.07, 6.45) is 0. The lowest BCUT2D eigenvalue weighted by Gasteiger charge is -2.14. The van der Waals surface area contributed by atoms with E-state index in [0.717, 1.165) is 17.7 Å². The molecule has 0 unspecified atom stereocenters. The van der Waals surface area contributed by atoms with Gasteiger partial charge in [0.1, 0.15) is 0 Å². The fraction of sp³-hybridized carbons (Fsp3) is 0.278. The normalized spacial score (nSPS) is 11.5. The second-order valence-electron chi connectivity index (χ2n) is 5.92. The van der Waals surface area contributed by atoms with Crippen molar-refractivity contribution < 1.29 is 13.2 Å². The summed E-state index contributed by atoms with van der Waals surface area (Å²) in [6.45, 7) is 1.21. The molecule has 2 aromatic carbocycles. The molecule has 0 radical (unpaired) electrons. The Morgan fingerprint density at radius 1 is 1.00 bits per heavy atom. The summed E-state index contributed by atoms with van der Waals surface area (Å²) in [5.41, 5.74) is 2.63. The molecule has 2 aromatic rings. The van der Waals surface area contributed by atoms with Gasteiger partial charge in [-0.15, -0.1) is 0 Å². The molecule has 0 saturated carbocycles. The summed E-state index contributed by atoms with van der Waals surface area (Å²) in [7, 11) is 1.84. The van der Waals surface area contributed by atoms with Crippen molar-refractivity contribution in [3.05, 3.63) is 65.2 Å². The van der Waals surface area contributed by atoms with Crippen LogP contribution in [0.15, 0.2) is 53.4 Å². The quantitative estimate of drug-likeness (QED) is 0.785. The molecule has 2 N–H and O–H groups in total. The average molecular weight is 361 g/mol. The minimum Gasteiger partial charge on any atom is -0.348 e. The molecule has 0 aromatic heterocycles. The summed E-state index contributed by atoms with van der Waals surface area (Å²) in [5, 5.41) is 2.88. The molecule has 134 valence electrons. The Morgan fingerprint density at radius 3 is 2.16 bits per heavy atom.